The van der Waals surface area contributed by atoms with E-state index in [0.717, 1.165) is 39.4 Å². The number of fused-ring (bicyclic) bond motifs is 2. The van der Waals surface area contributed by atoms with Gasteiger partial charge in [0.15, 0.2) is 0 Å². The summed E-state index contributed by atoms with van der Waals surface area (Å²) >= 11 is 1.86. The smallest absolute Gasteiger partial charge is 0.0646 e. The van der Waals surface area contributed by atoms with E-state index in [1.807, 2.05) is 11.8 Å². The lowest BCUT2D eigenvalue weighted by Gasteiger charge is -2.33. The molecular weight excluding hydrogens is 342 g/mol. The lowest BCUT2D eigenvalue weighted by Crippen LogP contribution is -2.45. The van der Waals surface area contributed by atoms with Crippen molar-refractivity contribution in [2.45, 2.75) is 9.79 Å². The fourth-order valence-corrected chi connectivity index (χ4v) is 4.64. The molecule has 4 rings (SSSR count). The minimum absolute atomic E-state index is 0.751. The quantitative estimate of drug-likeness (QED) is 0.723. The van der Waals surface area contributed by atoms with Gasteiger partial charge < -0.3 is 14.5 Å². The molecule has 0 spiro atoms. The standard InChI is InChI=1S/C21H27N3OS/c1-22-10-12-23(13-11-22)14-16-25-17-15-24-18-6-2-4-8-20(18)26-21-9-5-3-7-19(21)24/h2-9H,10-17H2,1H3. The van der Waals surface area contributed by atoms with E-state index in [0.29, 0.717) is 0 Å². The molecule has 0 aromatic heterocycles. The summed E-state index contributed by atoms with van der Waals surface area (Å²) in [5, 5.41) is 0. The van der Waals surface area contributed by atoms with Gasteiger partial charge in [0.1, 0.15) is 0 Å². The first kappa shape index (κ1) is 17.9. The summed E-state index contributed by atoms with van der Waals surface area (Å²) in [5.41, 5.74) is 2.58. The largest absolute Gasteiger partial charge is 0.378 e. The average molecular weight is 370 g/mol. The zero-order chi connectivity index (χ0) is 17.8. The summed E-state index contributed by atoms with van der Waals surface area (Å²) in [5.74, 6) is 0. The van der Waals surface area contributed by atoms with Gasteiger partial charge in [-0.05, 0) is 31.3 Å². The highest BCUT2D eigenvalue weighted by Gasteiger charge is 2.22. The van der Waals surface area contributed by atoms with E-state index in [2.05, 4.69) is 70.3 Å². The Hall–Kier alpha value is -1.53. The Bertz CT molecular complexity index is 685. The van der Waals surface area contributed by atoms with Gasteiger partial charge in [0.05, 0.1) is 24.6 Å². The summed E-state index contributed by atoms with van der Waals surface area (Å²) in [4.78, 5) is 9.94. The van der Waals surface area contributed by atoms with Gasteiger partial charge in [-0.15, -0.1) is 0 Å². The van der Waals surface area contributed by atoms with Crippen LogP contribution in [0.2, 0.25) is 0 Å². The van der Waals surface area contributed by atoms with Crippen molar-refractivity contribution < 1.29 is 4.74 Å². The number of likely N-dealkylation sites (N-methyl/N-ethyl adjacent to an activating group) is 1. The van der Waals surface area contributed by atoms with Crippen LogP contribution in [0.5, 0.6) is 0 Å². The normalized spacial score (nSPS) is 17.8. The fraction of sp³-hybridized carbons (Fsp3) is 0.429. The average Bonchev–Trinajstić information content (AvgIpc) is 2.68. The number of benzene rings is 2. The zero-order valence-corrected chi connectivity index (χ0v) is 16.3. The Kier molecular flexibility index (Phi) is 5.80. The predicted molar refractivity (Wildman–Crippen MR) is 109 cm³/mol. The third kappa shape index (κ3) is 4.07. The number of hydrogen-bond donors (Lipinski definition) is 0. The Morgan fingerprint density at radius 3 is 2.04 bits per heavy atom. The number of nitrogens with zero attached hydrogens (tertiary/aromatic N) is 3. The van der Waals surface area contributed by atoms with E-state index in [1.165, 1.54) is 34.3 Å². The summed E-state index contributed by atoms with van der Waals surface area (Å²) in [6.45, 7) is 8.14. The predicted octanol–water partition coefficient (Wildman–Crippen LogP) is 3.55. The van der Waals surface area contributed by atoms with E-state index >= 15 is 0 Å². The Morgan fingerprint density at radius 2 is 1.38 bits per heavy atom. The van der Waals surface area contributed by atoms with Crippen molar-refractivity contribution >= 4 is 23.1 Å². The van der Waals surface area contributed by atoms with Gasteiger partial charge in [0.25, 0.3) is 0 Å². The van der Waals surface area contributed by atoms with Crippen molar-refractivity contribution in [3.63, 3.8) is 0 Å². The number of rotatable bonds is 6. The van der Waals surface area contributed by atoms with Crippen molar-refractivity contribution in [3.05, 3.63) is 48.5 Å². The van der Waals surface area contributed by atoms with Crippen molar-refractivity contribution in [2.75, 3.05) is 64.4 Å². The summed E-state index contributed by atoms with van der Waals surface area (Å²) in [6, 6.07) is 17.3. The molecule has 0 aliphatic carbocycles. The highest BCUT2D eigenvalue weighted by molar-refractivity contribution is 7.99. The van der Waals surface area contributed by atoms with Crippen LogP contribution in [0, 0.1) is 0 Å². The number of ether oxygens (including phenoxy) is 1. The molecule has 1 fully saturated rings. The van der Waals surface area contributed by atoms with Crippen molar-refractivity contribution in [2.24, 2.45) is 0 Å². The second-order valence-electron chi connectivity index (χ2n) is 6.95. The van der Waals surface area contributed by atoms with E-state index in [9.17, 15) is 0 Å². The zero-order valence-electron chi connectivity index (χ0n) is 15.4. The topological polar surface area (TPSA) is 19.0 Å². The third-order valence-electron chi connectivity index (χ3n) is 5.14. The van der Waals surface area contributed by atoms with Crippen LogP contribution in [0.4, 0.5) is 11.4 Å². The van der Waals surface area contributed by atoms with Crippen LogP contribution in [0.1, 0.15) is 0 Å². The maximum atomic E-state index is 5.99. The lowest BCUT2D eigenvalue weighted by molar-refractivity contribution is 0.0855. The Morgan fingerprint density at radius 1 is 0.808 bits per heavy atom. The molecule has 0 bridgehead atoms. The first-order valence-electron chi connectivity index (χ1n) is 9.43. The molecule has 4 nitrogen and oxygen atoms in total. The molecule has 0 radical (unpaired) electrons. The van der Waals surface area contributed by atoms with Crippen molar-refractivity contribution in [1.82, 2.24) is 9.80 Å². The van der Waals surface area contributed by atoms with Crippen LogP contribution in [0.25, 0.3) is 0 Å². The van der Waals surface area contributed by atoms with Crippen molar-refractivity contribution in [1.29, 1.82) is 0 Å². The Labute approximate surface area is 160 Å². The van der Waals surface area contributed by atoms with Crippen LogP contribution in [-0.2, 0) is 4.74 Å². The van der Waals surface area contributed by atoms with Crippen LogP contribution in [-0.4, -0.2) is 69.3 Å². The molecule has 0 saturated carbocycles. The molecule has 26 heavy (non-hydrogen) atoms. The first-order chi connectivity index (χ1) is 12.8. The van der Waals surface area contributed by atoms with Gasteiger partial charge in [-0.3, -0.25) is 4.90 Å². The van der Waals surface area contributed by atoms with E-state index in [1.54, 1.807) is 0 Å². The molecule has 0 amide bonds. The molecule has 2 aromatic carbocycles. The second kappa shape index (κ2) is 8.44. The molecule has 0 N–H and O–H groups in total. The molecule has 0 unspecified atom stereocenters. The summed E-state index contributed by atoms with van der Waals surface area (Å²) < 4.78 is 5.99. The van der Waals surface area contributed by atoms with E-state index < -0.39 is 0 Å². The molecule has 0 atom stereocenters. The SMILES string of the molecule is CN1CCN(CCOCCN2c3ccccc3Sc3ccccc32)CC1. The molecule has 5 heteroatoms. The minimum atomic E-state index is 0.751. The number of piperazine rings is 1. The third-order valence-corrected chi connectivity index (χ3v) is 6.27. The van der Waals surface area contributed by atoms with Gasteiger partial charge in [-0.1, -0.05) is 36.0 Å². The summed E-state index contributed by atoms with van der Waals surface area (Å²) in [7, 11) is 2.19. The highest BCUT2D eigenvalue weighted by atomic mass is 32.2. The van der Waals surface area contributed by atoms with Crippen LogP contribution < -0.4 is 4.90 Å². The maximum Gasteiger partial charge on any atom is 0.0646 e. The lowest BCUT2D eigenvalue weighted by atomic mass is 10.2. The van der Waals surface area contributed by atoms with Gasteiger partial charge in [-0.2, -0.15) is 0 Å². The number of hydrogen-bond acceptors (Lipinski definition) is 5. The first-order valence-corrected chi connectivity index (χ1v) is 10.2. The van der Waals surface area contributed by atoms with E-state index in [4.69, 9.17) is 4.74 Å². The van der Waals surface area contributed by atoms with Gasteiger partial charge in [0, 0.05) is 49.1 Å². The number of para-hydroxylation sites is 2. The fourth-order valence-electron chi connectivity index (χ4n) is 3.55. The molecule has 2 aliphatic heterocycles. The van der Waals surface area contributed by atoms with Crippen molar-refractivity contribution in [3.8, 4) is 0 Å². The maximum absolute atomic E-state index is 5.99. The van der Waals surface area contributed by atoms with Crippen LogP contribution in [0.3, 0.4) is 0 Å². The molecular formula is C21H27N3OS. The molecule has 2 heterocycles. The molecule has 2 aromatic rings. The van der Waals surface area contributed by atoms with Crippen LogP contribution in [0.15, 0.2) is 58.3 Å². The van der Waals surface area contributed by atoms with Gasteiger partial charge in [0.2, 0.25) is 0 Å². The van der Waals surface area contributed by atoms with Gasteiger partial charge in [-0.25, -0.2) is 0 Å². The molecule has 2 aliphatic rings. The Balaban J connectivity index is 1.32. The minimum Gasteiger partial charge on any atom is -0.378 e. The number of anilines is 2. The van der Waals surface area contributed by atoms with Gasteiger partial charge >= 0.3 is 0 Å². The molecule has 138 valence electrons. The molecule has 1 saturated heterocycles. The van der Waals surface area contributed by atoms with E-state index in [-0.39, 0.29) is 0 Å². The monoisotopic (exact) mass is 369 g/mol. The highest BCUT2D eigenvalue weighted by Crippen LogP contribution is 2.47. The van der Waals surface area contributed by atoms with Crippen LogP contribution >= 0.6 is 11.8 Å². The summed E-state index contributed by atoms with van der Waals surface area (Å²) in [6.07, 6.45) is 0. The second-order valence-corrected chi connectivity index (χ2v) is 8.03.